The number of benzene rings is 5. The van der Waals surface area contributed by atoms with Crippen LogP contribution in [0.25, 0.3) is 10.9 Å². The fraction of sp³-hybridized carbons (Fsp3) is 0.0571. The van der Waals surface area contributed by atoms with E-state index in [9.17, 15) is 4.79 Å². The lowest BCUT2D eigenvalue weighted by Gasteiger charge is -2.13. The van der Waals surface area contributed by atoms with Crippen molar-refractivity contribution in [3.8, 4) is 11.5 Å². The lowest BCUT2D eigenvalue weighted by atomic mass is 10.2. The van der Waals surface area contributed by atoms with Crippen LogP contribution in [0.5, 0.6) is 11.5 Å². The van der Waals surface area contributed by atoms with Crippen molar-refractivity contribution in [1.29, 1.82) is 0 Å². The van der Waals surface area contributed by atoms with E-state index in [-0.39, 0.29) is 12.3 Å². The van der Waals surface area contributed by atoms with Crippen LogP contribution in [0.4, 0.5) is 5.69 Å². The van der Waals surface area contributed by atoms with Crippen molar-refractivity contribution in [3.05, 3.63) is 151 Å². The minimum atomic E-state index is -0.0660. The molecule has 4 nitrogen and oxygen atoms in total. The van der Waals surface area contributed by atoms with Crippen LogP contribution in [0, 0.1) is 0 Å². The van der Waals surface area contributed by atoms with Crippen LogP contribution in [0.1, 0.15) is 11.3 Å². The van der Waals surface area contributed by atoms with Gasteiger partial charge in [-0.05, 0) is 60.2 Å². The second kappa shape index (κ2) is 12.0. The molecule has 1 heterocycles. The van der Waals surface area contributed by atoms with Gasteiger partial charge in [-0.1, -0.05) is 96.7 Å². The van der Waals surface area contributed by atoms with E-state index >= 15 is 0 Å². The lowest BCUT2D eigenvalue weighted by molar-refractivity contribution is -0.115. The first kappa shape index (κ1) is 25.5. The molecule has 6 rings (SSSR count). The fourth-order valence-corrected chi connectivity index (χ4v) is 5.87. The number of amides is 1. The number of hydrogen-bond acceptors (Lipinski definition) is 3. The number of ether oxygens (including phenoxy) is 1. The highest BCUT2D eigenvalue weighted by Gasteiger charge is 2.21. The van der Waals surface area contributed by atoms with E-state index in [0.717, 1.165) is 37.8 Å². The van der Waals surface area contributed by atoms with Crippen LogP contribution >= 0.6 is 11.8 Å². The molecule has 5 heteroatoms. The quantitative estimate of drug-likeness (QED) is 0.199. The van der Waals surface area contributed by atoms with Gasteiger partial charge in [0, 0.05) is 38.6 Å². The molecule has 1 amide bonds. The molecule has 0 aliphatic rings. The van der Waals surface area contributed by atoms with E-state index in [1.807, 2.05) is 78.9 Å². The predicted octanol–water partition coefficient (Wildman–Crippen LogP) is 8.81. The third-order valence-corrected chi connectivity index (χ3v) is 7.79. The second-order valence-corrected chi connectivity index (χ2v) is 10.5. The first-order chi connectivity index (χ1) is 19.7. The molecule has 196 valence electrons. The van der Waals surface area contributed by atoms with Gasteiger partial charge in [-0.3, -0.25) is 4.79 Å². The molecule has 0 aliphatic carbocycles. The van der Waals surface area contributed by atoms with Crippen molar-refractivity contribution in [2.75, 3.05) is 5.32 Å². The molecule has 0 saturated carbocycles. The third-order valence-electron chi connectivity index (χ3n) is 6.62. The van der Waals surface area contributed by atoms with Crippen LogP contribution in [0.15, 0.2) is 149 Å². The molecular weight excluding hydrogens is 512 g/mol. The Balaban J connectivity index is 1.29. The highest BCUT2D eigenvalue weighted by Crippen LogP contribution is 2.39. The zero-order valence-electron chi connectivity index (χ0n) is 21.9. The zero-order valence-corrected chi connectivity index (χ0v) is 22.7. The highest BCUT2D eigenvalue weighted by atomic mass is 32.2. The Morgan fingerprint density at radius 3 is 2.00 bits per heavy atom. The Kier molecular flexibility index (Phi) is 7.64. The summed E-state index contributed by atoms with van der Waals surface area (Å²) in [7, 11) is 0. The van der Waals surface area contributed by atoms with E-state index in [2.05, 4.69) is 70.5 Å². The molecule has 0 fully saturated rings. The number of aromatic nitrogens is 1. The molecule has 0 bridgehead atoms. The molecule has 1 N–H and O–H groups in total. The van der Waals surface area contributed by atoms with Crippen molar-refractivity contribution < 1.29 is 9.53 Å². The average molecular weight is 541 g/mol. The monoisotopic (exact) mass is 540 g/mol. The van der Waals surface area contributed by atoms with Crippen LogP contribution < -0.4 is 10.1 Å². The number of fused-ring (bicyclic) bond motifs is 1. The highest BCUT2D eigenvalue weighted by molar-refractivity contribution is 7.99. The predicted molar refractivity (Wildman–Crippen MR) is 163 cm³/mol. The molecule has 5 aromatic carbocycles. The van der Waals surface area contributed by atoms with Gasteiger partial charge in [0.15, 0.2) is 0 Å². The van der Waals surface area contributed by atoms with Gasteiger partial charge in [0.05, 0.1) is 6.42 Å². The van der Waals surface area contributed by atoms with Crippen LogP contribution in [0.2, 0.25) is 0 Å². The van der Waals surface area contributed by atoms with Gasteiger partial charge < -0.3 is 14.6 Å². The number of anilines is 1. The molecule has 0 saturated heterocycles. The number of hydrogen-bond donors (Lipinski definition) is 1. The molecule has 0 radical (unpaired) electrons. The Morgan fingerprint density at radius 1 is 0.675 bits per heavy atom. The SMILES string of the molecule is O=C(Cc1c(Sc2ccccc2)c2ccccc2n1Cc1ccccc1)Nc1ccc(Oc2ccccc2)cc1. The second-order valence-electron chi connectivity index (χ2n) is 9.44. The smallest absolute Gasteiger partial charge is 0.230 e. The van der Waals surface area contributed by atoms with Crippen molar-refractivity contribution in [2.45, 2.75) is 22.8 Å². The standard InChI is InChI=1S/C35H28N2O2S/c38-34(36-27-20-22-29(23-21-27)39-28-14-6-2-7-15-28)24-33-35(40-30-16-8-3-9-17-30)31-18-10-11-19-32(31)37(33)25-26-12-4-1-5-13-26/h1-23H,24-25H2,(H,36,38). The first-order valence-corrected chi connectivity index (χ1v) is 14.0. The van der Waals surface area contributed by atoms with Gasteiger partial charge in [-0.2, -0.15) is 0 Å². The Morgan fingerprint density at radius 2 is 1.27 bits per heavy atom. The van der Waals surface area contributed by atoms with Crippen molar-refractivity contribution >= 4 is 34.3 Å². The van der Waals surface area contributed by atoms with Gasteiger partial charge >= 0.3 is 0 Å². The summed E-state index contributed by atoms with van der Waals surface area (Å²) in [5.41, 5.74) is 4.04. The minimum Gasteiger partial charge on any atom is -0.457 e. The normalized spacial score (nSPS) is 10.9. The molecular formula is C35H28N2O2S. The van der Waals surface area contributed by atoms with Crippen LogP contribution in [-0.2, 0) is 17.8 Å². The third kappa shape index (κ3) is 5.95. The maximum absolute atomic E-state index is 13.5. The van der Waals surface area contributed by atoms with E-state index in [1.54, 1.807) is 11.8 Å². The first-order valence-electron chi connectivity index (χ1n) is 13.2. The molecule has 0 aliphatic heterocycles. The van der Waals surface area contributed by atoms with Gasteiger partial charge in [0.25, 0.3) is 0 Å². The summed E-state index contributed by atoms with van der Waals surface area (Å²) in [5.74, 6) is 1.42. The number of para-hydroxylation sites is 2. The maximum Gasteiger partial charge on any atom is 0.230 e. The van der Waals surface area contributed by atoms with Crippen molar-refractivity contribution in [3.63, 3.8) is 0 Å². The molecule has 6 aromatic rings. The average Bonchev–Trinajstić information content (AvgIpc) is 3.27. The Bertz CT molecular complexity index is 1640. The summed E-state index contributed by atoms with van der Waals surface area (Å²) in [6.45, 7) is 0.685. The summed E-state index contributed by atoms with van der Waals surface area (Å²) in [6.07, 6.45) is 0.249. The summed E-state index contributed by atoms with van der Waals surface area (Å²) in [4.78, 5) is 15.7. The summed E-state index contributed by atoms with van der Waals surface area (Å²) in [6, 6.07) is 46.2. The Labute approximate surface area is 238 Å². The minimum absolute atomic E-state index is 0.0660. The van der Waals surface area contributed by atoms with E-state index in [1.165, 1.54) is 5.56 Å². The number of nitrogens with zero attached hydrogens (tertiary/aromatic N) is 1. The Hall–Kier alpha value is -4.74. The van der Waals surface area contributed by atoms with Crippen molar-refractivity contribution in [2.24, 2.45) is 0 Å². The van der Waals surface area contributed by atoms with Crippen molar-refractivity contribution in [1.82, 2.24) is 4.57 Å². The molecule has 0 unspecified atom stereocenters. The largest absolute Gasteiger partial charge is 0.457 e. The van der Waals surface area contributed by atoms with E-state index < -0.39 is 0 Å². The summed E-state index contributed by atoms with van der Waals surface area (Å²) in [5, 5.41) is 4.24. The van der Waals surface area contributed by atoms with Gasteiger partial charge in [-0.25, -0.2) is 0 Å². The summed E-state index contributed by atoms with van der Waals surface area (Å²) < 4.78 is 8.18. The fourth-order valence-electron chi connectivity index (χ4n) is 4.76. The number of rotatable bonds is 9. The number of carbonyl (C=O) groups is 1. The van der Waals surface area contributed by atoms with Gasteiger partial charge in [0.1, 0.15) is 11.5 Å². The molecule has 1 aromatic heterocycles. The van der Waals surface area contributed by atoms with Crippen LogP contribution in [0.3, 0.4) is 0 Å². The summed E-state index contributed by atoms with van der Waals surface area (Å²) >= 11 is 1.71. The van der Waals surface area contributed by atoms with E-state index in [4.69, 9.17) is 4.74 Å². The number of carbonyl (C=O) groups excluding carboxylic acids is 1. The lowest BCUT2D eigenvalue weighted by Crippen LogP contribution is -2.17. The molecule has 40 heavy (non-hydrogen) atoms. The van der Waals surface area contributed by atoms with E-state index in [0.29, 0.717) is 12.3 Å². The molecule has 0 spiro atoms. The van der Waals surface area contributed by atoms with Gasteiger partial charge in [0.2, 0.25) is 5.91 Å². The van der Waals surface area contributed by atoms with Crippen LogP contribution in [-0.4, -0.2) is 10.5 Å². The van der Waals surface area contributed by atoms with Gasteiger partial charge in [-0.15, -0.1) is 0 Å². The maximum atomic E-state index is 13.5. The topological polar surface area (TPSA) is 43.3 Å². The molecule has 0 atom stereocenters. The number of nitrogens with one attached hydrogen (secondary N) is 1. The zero-order chi connectivity index (χ0) is 27.1.